The number of amides is 3. The van der Waals surface area contributed by atoms with Gasteiger partial charge in [-0.1, -0.05) is 72.8 Å². The number of nitrogens with one attached hydrogen (secondary N) is 3. The molecule has 0 aliphatic heterocycles. The molecule has 246 valence electrons. The number of carbonyl (C=O) groups is 3. The van der Waals surface area contributed by atoms with E-state index < -0.39 is 0 Å². The van der Waals surface area contributed by atoms with Crippen molar-refractivity contribution in [3.05, 3.63) is 114 Å². The number of aryl methyl sites for hydroxylation is 1. The fraction of sp³-hybridized carbons (Fsp3) is 0.308. The van der Waals surface area contributed by atoms with E-state index in [-0.39, 0.29) is 35.3 Å². The molecule has 0 aromatic heterocycles. The molecule has 0 atom stereocenters. The van der Waals surface area contributed by atoms with Crippen LogP contribution in [0.1, 0.15) is 25.0 Å². The summed E-state index contributed by atoms with van der Waals surface area (Å²) in [5.41, 5.74) is 6.30. The maximum atomic E-state index is 13.4. The van der Waals surface area contributed by atoms with Crippen molar-refractivity contribution >= 4 is 34.8 Å². The molecule has 0 saturated heterocycles. The number of quaternary nitrogens is 2. The largest absolute Gasteiger partial charge is 0.321 e. The first kappa shape index (κ1) is 35.1. The molecule has 0 radical (unpaired) electrons. The van der Waals surface area contributed by atoms with Crippen molar-refractivity contribution in [1.29, 1.82) is 0 Å². The molecule has 0 aliphatic rings. The van der Waals surface area contributed by atoms with Crippen LogP contribution in [0.15, 0.2) is 103 Å². The molecule has 4 aromatic carbocycles. The lowest BCUT2D eigenvalue weighted by molar-refractivity contribution is -0.917. The van der Waals surface area contributed by atoms with E-state index >= 15 is 0 Å². The molecule has 0 spiro atoms. The van der Waals surface area contributed by atoms with Gasteiger partial charge in [-0.25, -0.2) is 0 Å². The van der Waals surface area contributed by atoms with Gasteiger partial charge in [-0.15, -0.1) is 0 Å². The number of rotatable bonds is 15. The quantitative estimate of drug-likeness (QED) is 0.133. The Morgan fingerprint density at radius 1 is 0.596 bits per heavy atom. The molecule has 4 aromatic rings. The van der Waals surface area contributed by atoms with Crippen molar-refractivity contribution in [2.75, 3.05) is 69.3 Å². The Kier molecular flexibility index (Phi) is 12.1. The van der Waals surface area contributed by atoms with Crippen molar-refractivity contribution in [3.63, 3.8) is 0 Å². The van der Waals surface area contributed by atoms with Crippen molar-refractivity contribution in [2.24, 2.45) is 0 Å². The summed E-state index contributed by atoms with van der Waals surface area (Å²) in [5, 5.41) is 9.06. The maximum Gasteiger partial charge on any atom is 0.279 e. The number of likely N-dealkylation sites (N-methyl/N-ethyl adjacent to an activating group) is 2. The van der Waals surface area contributed by atoms with Crippen LogP contribution in [-0.4, -0.2) is 80.1 Å². The highest BCUT2D eigenvalue weighted by Crippen LogP contribution is 2.28. The van der Waals surface area contributed by atoms with Gasteiger partial charge in [0, 0.05) is 23.5 Å². The minimum absolute atomic E-state index is 0.00113. The summed E-state index contributed by atoms with van der Waals surface area (Å²) in [6, 6.07) is 33.4. The Labute approximate surface area is 279 Å². The summed E-state index contributed by atoms with van der Waals surface area (Å²) in [4.78, 5) is 39.0. The minimum Gasteiger partial charge on any atom is -0.321 e. The molecular formula is C39H49N5O3+2. The topological polar surface area (TPSA) is 87.3 Å². The van der Waals surface area contributed by atoms with Gasteiger partial charge >= 0.3 is 0 Å². The average Bonchev–Trinajstić information content (AvgIpc) is 3.04. The second-order valence-corrected chi connectivity index (χ2v) is 13.0. The van der Waals surface area contributed by atoms with Crippen molar-refractivity contribution < 1.29 is 23.3 Å². The molecule has 0 bridgehead atoms. The standard InChI is InChI=1S/C39H47N5O3/c1-6-44(7-2,24-23-31-15-10-8-11-16-31)29-39(47)42-36-26-33(22-21-30(36)3)32-17-14-20-35(25-32)41-38(46)28-43(4,5)27-37(45)40-34-18-12-9-13-19-34/h8-22,25-26H,6-7,23-24,27-29H2,1-5H3,(H-2,40,41,42,45,46,47)/p+2. The Balaban J connectivity index is 1.38. The molecule has 47 heavy (non-hydrogen) atoms. The fourth-order valence-corrected chi connectivity index (χ4v) is 5.82. The zero-order chi connectivity index (χ0) is 33.9. The zero-order valence-electron chi connectivity index (χ0n) is 28.4. The van der Waals surface area contributed by atoms with E-state index in [1.165, 1.54) is 5.56 Å². The van der Waals surface area contributed by atoms with Gasteiger partial charge in [0.15, 0.2) is 19.6 Å². The third-order valence-electron chi connectivity index (χ3n) is 8.73. The van der Waals surface area contributed by atoms with Crippen LogP contribution in [0.4, 0.5) is 17.1 Å². The van der Waals surface area contributed by atoms with Gasteiger partial charge in [0.1, 0.15) is 0 Å². The lowest BCUT2D eigenvalue weighted by atomic mass is 10.0. The molecule has 0 heterocycles. The van der Waals surface area contributed by atoms with E-state index in [0.717, 1.165) is 54.1 Å². The van der Waals surface area contributed by atoms with Crippen molar-refractivity contribution in [3.8, 4) is 11.1 Å². The lowest BCUT2D eigenvalue weighted by Gasteiger charge is -2.36. The normalized spacial score (nSPS) is 11.5. The lowest BCUT2D eigenvalue weighted by Crippen LogP contribution is -2.53. The van der Waals surface area contributed by atoms with Gasteiger partial charge in [0.2, 0.25) is 0 Å². The molecule has 8 heteroatoms. The Hall–Kier alpha value is -4.79. The van der Waals surface area contributed by atoms with Gasteiger partial charge in [-0.3, -0.25) is 14.4 Å². The molecule has 0 saturated carbocycles. The summed E-state index contributed by atoms with van der Waals surface area (Å²) in [5.74, 6) is -0.335. The van der Waals surface area contributed by atoms with Crippen LogP contribution in [0, 0.1) is 6.92 Å². The highest BCUT2D eigenvalue weighted by Gasteiger charge is 2.27. The first-order valence-corrected chi connectivity index (χ1v) is 16.4. The zero-order valence-corrected chi connectivity index (χ0v) is 28.4. The third-order valence-corrected chi connectivity index (χ3v) is 8.73. The van der Waals surface area contributed by atoms with Crippen molar-refractivity contribution in [1.82, 2.24) is 0 Å². The van der Waals surface area contributed by atoms with Crippen LogP contribution in [-0.2, 0) is 20.8 Å². The second kappa shape index (κ2) is 16.2. The molecule has 3 amide bonds. The van der Waals surface area contributed by atoms with E-state index in [1.807, 2.05) is 99.9 Å². The number of anilines is 3. The number of hydrogen-bond donors (Lipinski definition) is 3. The van der Waals surface area contributed by atoms with E-state index in [2.05, 4.69) is 54.1 Å². The molecule has 3 N–H and O–H groups in total. The maximum absolute atomic E-state index is 13.4. The first-order chi connectivity index (χ1) is 22.5. The monoisotopic (exact) mass is 635 g/mol. The number of benzene rings is 4. The Morgan fingerprint density at radius 3 is 1.79 bits per heavy atom. The highest BCUT2D eigenvalue weighted by atomic mass is 16.2. The summed E-state index contributed by atoms with van der Waals surface area (Å²) >= 11 is 0. The second-order valence-electron chi connectivity index (χ2n) is 13.0. The smallest absolute Gasteiger partial charge is 0.279 e. The van der Waals surface area contributed by atoms with E-state index in [9.17, 15) is 14.4 Å². The predicted octanol–water partition coefficient (Wildman–Crippen LogP) is 6.35. The Morgan fingerprint density at radius 2 is 1.15 bits per heavy atom. The number of carbonyl (C=O) groups excluding carboxylic acids is 3. The van der Waals surface area contributed by atoms with Gasteiger partial charge in [0.05, 0.1) is 33.7 Å². The summed E-state index contributed by atoms with van der Waals surface area (Å²) < 4.78 is 0.919. The molecule has 0 fully saturated rings. The first-order valence-electron chi connectivity index (χ1n) is 16.4. The van der Waals surface area contributed by atoms with Crippen LogP contribution < -0.4 is 16.0 Å². The third kappa shape index (κ3) is 10.6. The number of nitrogens with zero attached hydrogens (tertiary/aromatic N) is 2. The summed E-state index contributed by atoms with van der Waals surface area (Å²) in [6.07, 6.45) is 0.928. The Bertz CT molecular complexity index is 1650. The van der Waals surface area contributed by atoms with E-state index in [1.54, 1.807) is 0 Å². The van der Waals surface area contributed by atoms with E-state index in [0.29, 0.717) is 16.7 Å². The summed E-state index contributed by atoms with van der Waals surface area (Å²) in [7, 11) is 3.71. The molecule has 4 rings (SSSR count). The molecule has 0 unspecified atom stereocenters. The SMILES string of the molecule is CC[N+](CC)(CCc1ccccc1)CC(=O)Nc1cc(-c2cccc(NC(=O)C[N+](C)(C)CC(=O)Nc3ccccc3)c2)ccc1C. The van der Waals surface area contributed by atoms with Gasteiger partial charge in [-0.2, -0.15) is 0 Å². The average molecular weight is 636 g/mol. The molecule has 0 aliphatic carbocycles. The van der Waals surface area contributed by atoms with Gasteiger partial charge in [-0.05, 0) is 73.4 Å². The van der Waals surface area contributed by atoms with Gasteiger partial charge < -0.3 is 24.9 Å². The van der Waals surface area contributed by atoms with Gasteiger partial charge in [0.25, 0.3) is 17.7 Å². The number of hydrogen-bond acceptors (Lipinski definition) is 3. The highest BCUT2D eigenvalue weighted by molar-refractivity contribution is 5.95. The van der Waals surface area contributed by atoms with Crippen LogP contribution in [0.5, 0.6) is 0 Å². The van der Waals surface area contributed by atoms with E-state index in [4.69, 9.17) is 0 Å². The fourth-order valence-electron chi connectivity index (χ4n) is 5.82. The summed E-state index contributed by atoms with van der Waals surface area (Å²) in [6.45, 7) is 9.67. The molecule has 8 nitrogen and oxygen atoms in total. The predicted molar refractivity (Wildman–Crippen MR) is 192 cm³/mol. The molecular weight excluding hydrogens is 586 g/mol. The number of para-hydroxylation sites is 1. The van der Waals surface area contributed by atoms with Crippen LogP contribution >= 0.6 is 0 Å². The minimum atomic E-state index is -0.183. The van der Waals surface area contributed by atoms with Crippen molar-refractivity contribution in [2.45, 2.75) is 27.2 Å². The van der Waals surface area contributed by atoms with Crippen LogP contribution in [0.25, 0.3) is 11.1 Å². The van der Waals surface area contributed by atoms with Crippen LogP contribution in [0.2, 0.25) is 0 Å². The van der Waals surface area contributed by atoms with Crippen LogP contribution in [0.3, 0.4) is 0 Å².